The standard InChI is InChI=1S/C33H44N4O9/c1-6-43-30(41)33(15-10-16-33)46-27-21-11-8-9-12-23(21)35-26(25(27)28(34)39)22(13-14-24(38)45-32(3,4)5)29(40)36-17-19-37(20-18-36)31(42)44-7-2/h8-9,11-12,22H,6-7,10,13-20H2,1-5H3,(H2,34,39). The number of benzene rings is 1. The Labute approximate surface area is 268 Å². The molecule has 1 aliphatic heterocycles. The van der Waals surface area contributed by atoms with Crippen molar-refractivity contribution in [2.45, 2.75) is 83.8 Å². The van der Waals surface area contributed by atoms with Gasteiger partial charge in [0.05, 0.1) is 30.3 Å². The maximum absolute atomic E-state index is 14.3. The number of fused-ring (bicyclic) bond motifs is 1. The molecule has 4 rings (SSSR count). The van der Waals surface area contributed by atoms with Gasteiger partial charge in [0.15, 0.2) is 0 Å². The molecule has 1 aliphatic carbocycles. The van der Waals surface area contributed by atoms with E-state index in [-0.39, 0.29) is 69.2 Å². The average molecular weight is 641 g/mol. The largest absolute Gasteiger partial charge is 0.474 e. The van der Waals surface area contributed by atoms with Gasteiger partial charge in [-0.1, -0.05) is 12.1 Å². The van der Waals surface area contributed by atoms with Gasteiger partial charge in [0, 0.05) is 38.0 Å². The molecule has 3 amide bonds. The quantitative estimate of drug-likeness (QED) is 0.282. The first-order valence-electron chi connectivity index (χ1n) is 15.8. The molecule has 1 saturated carbocycles. The molecule has 13 nitrogen and oxygen atoms in total. The van der Waals surface area contributed by atoms with Crippen LogP contribution in [0.5, 0.6) is 5.75 Å². The van der Waals surface area contributed by atoms with Crippen LogP contribution in [0.3, 0.4) is 0 Å². The zero-order valence-electron chi connectivity index (χ0n) is 27.3. The van der Waals surface area contributed by atoms with Crippen molar-refractivity contribution >= 4 is 40.7 Å². The number of nitrogens with zero attached hydrogens (tertiary/aromatic N) is 3. The van der Waals surface area contributed by atoms with E-state index in [1.807, 2.05) is 0 Å². The third-order valence-corrected chi connectivity index (χ3v) is 8.03. The van der Waals surface area contributed by atoms with Crippen LogP contribution in [-0.2, 0) is 28.6 Å². The van der Waals surface area contributed by atoms with Crippen LogP contribution in [0.25, 0.3) is 10.9 Å². The van der Waals surface area contributed by atoms with Gasteiger partial charge in [0.25, 0.3) is 5.91 Å². The molecular weight excluding hydrogens is 596 g/mol. The zero-order chi connectivity index (χ0) is 33.6. The number of hydrogen-bond acceptors (Lipinski definition) is 10. The van der Waals surface area contributed by atoms with E-state index in [0.29, 0.717) is 23.7 Å². The average Bonchev–Trinajstić information content (AvgIpc) is 2.98. The molecule has 1 unspecified atom stereocenters. The van der Waals surface area contributed by atoms with Crippen LogP contribution in [0.15, 0.2) is 24.3 Å². The van der Waals surface area contributed by atoms with Crippen LogP contribution in [0.4, 0.5) is 4.79 Å². The number of pyridine rings is 1. The number of primary amides is 1. The van der Waals surface area contributed by atoms with E-state index < -0.39 is 47.0 Å². The van der Waals surface area contributed by atoms with Crippen molar-refractivity contribution in [1.82, 2.24) is 14.8 Å². The molecule has 2 aliphatic rings. The number of carbonyl (C=O) groups is 5. The lowest BCUT2D eigenvalue weighted by molar-refractivity contribution is -0.169. The summed E-state index contributed by atoms with van der Waals surface area (Å²) in [6, 6.07) is 6.91. The van der Waals surface area contributed by atoms with Crippen LogP contribution in [0.1, 0.15) is 88.7 Å². The second-order valence-corrected chi connectivity index (χ2v) is 12.4. The first kappa shape index (κ1) is 34.5. The van der Waals surface area contributed by atoms with Crippen molar-refractivity contribution in [1.29, 1.82) is 0 Å². The number of nitrogens with two attached hydrogens (primary N) is 1. The molecule has 1 atom stereocenters. The number of hydrogen-bond donors (Lipinski definition) is 1. The van der Waals surface area contributed by atoms with E-state index in [0.717, 1.165) is 6.42 Å². The zero-order valence-corrected chi connectivity index (χ0v) is 27.3. The highest BCUT2D eigenvalue weighted by atomic mass is 16.6. The van der Waals surface area contributed by atoms with Crippen molar-refractivity contribution in [3.05, 3.63) is 35.5 Å². The number of aromatic nitrogens is 1. The summed E-state index contributed by atoms with van der Waals surface area (Å²) < 4.78 is 22.4. The fraction of sp³-hybridized carbons (Fsp3) is 0.576. The molecule has 2 heterocycles. The van der Waals surface area contributed by atoms with E-state index in [2.05, 4.69) is 0 Å². The smallest absolute Gasteiger partial charge is 0.409 e. The molecule has 0 bridgehead atoms. The van der Waals surface area contributed by atoms with Crippen LogP contribution < -0.4 is 10.5 Å². The van der Waals surface area contributed by atoms with Gasteiger partial charge in [-0.25, -0.2) is 9.59 Å². The maximum Gasteiger partial charge on any atom is 0.409 e. The number of rotatable bonds is 11. The highest BCUT2D eigenvalue weighted by molar-refractivity contribution is 6.05. The van der Waals surface area contributed by atoms with Crippen molar-refractivity contribution in [3.63, 3.8) is 0 Å². The van der Waals surface area contributed by atoms with E-state index in [1.165, 1.54) is 4.90 Å². The summed E-state index contributed by atoms with van der Waals surface area (Å²) >= 11 is 0. The number of piperazine rings is 1. The molecule has 2 N–H and O–H groups in total. The summed E-state index contributed by atoms with van der Waals surface area (Å²) in [6.07, 6.45) is 0.821. The lowest BCUT2D eigenvalue weighted by atomic mass is 9.79. The summed E-state index contributed by atoms with van der Waals surface area (Å²) in [4.78, 5) is 73.7. The van der Waals surface area contributed by atoms with Gasteiger partial charge in [-0.3, -0.25) is 19.4 Å². The molecular formula is C33H44N4O9. The molecule has 250 valence electrons. The maximum atomic E-state index is 14.3. The van der Waals surface area contributed by atoms with Crippen molar-refractivity contribution in [2.24, 2.45) is 5.73 Å². The number of carbonyl (C=O) groups excluding carboxylic acids is 5. The molecule has 46 heavy (non-hydrogen) atoms. The van der Waals surface area contributed by atoms with Crippen LogP contribution in [0, 0.1) is 0 Å². The Bertz CT molecular complexity index is 1470. The Hall–Kier alpha value is -4.42. The van der Waals surface area contributed by atoms with Gasteiger partial charge in [0.1, 0.15) is 16.9 Å². The molecule has 2 fully saturated rings. The minimum Gasteiger partial charge on any atom is -0.474 e. The summed E-state index contributed by atoms with van der Waals surface area (Å²) in [5.74, 6) is -3.42. The van der Waals surface area contributed by atoms with Gasteiger partial charge in [0.2, 0.25) is 11.5 Å². The van der Waals surface area contributed by atoms with E-state index >= 15 is 0 Å². The summed E-state index contributed by atoms with van der Waals surface area (Å²) in [5.41, 5.74) is 4.26. The van der Waals surface area contributed by atoms with Gasteiger partial charge < -0.3 is 34.5 Å². The Kier molecular flexibility index (Phi) is 10.7. The van der Waals surface area contributed by atoms with Gasteiger partial charge in [-0.05, 0) is 72.4 Å². The fourth-order valence-corrected chi connectivity index (χ4v) is 5.68. The lowest BCUT2D eigenvalue weighted by Gasteiger charge is -2.40. The van der Waals surface area contributed by atoms with Crippen LogP contribution >= 0.6 is 0 Å². The molecule has 2 aromatic rings. The monoisotopic (exact) mass is 640 g/mol. The van der Waals surface area contributed by atoms with Crippen molar-refractivity contribution in [3.8, 4) is 5.75 Å². The number of para-hydroxylation sites is 1. The molecule has 0 radical (unpaired) electrons. The summed E-state index contributed by atoms with van der Waals surface area (Å²) in [5, 5.41) is 0.442. The SMILES string of the molecule is CCOC(=O)N1CCN(C(=O)C(CCC(=O)OC(C)(C)C)c2nc3ccccc3c(OC3(C(=O)OCC)CCC3)c2C(N)=O)CC1. The van der Waals surface area contributed by atoms with Gasteiger partial charge in [-0.15, -0.1) is 0 Å². The fourth-order valence-electron chi connectivity index (χ4n) is 5.68. The van der Waals surface area contributed by atoms with Crippen LogP contribution in [-0.4, -0.2) is 95.2 Å². The molecule has 0 spiro atoms. The predicted octanol–water partition coefficient (Wildman–Crippen LogP) is 3.70. The highest BCUT2D eigenvalue weighted by Crippen LogP contribution is 2.43. The number of esters is 2. The Morgan fingerprint density at radius 1 is 0.957 bits per heavy atom. The first-order valence-corrected chi connectivity index (χ1v) is 15.8. The lowest BCUT2D eigenvalue weighted by Crippen LogP contribution is -2.52. The van der Waals surface area contributed by atoms with Gasteiger partial charge >= 0.3 is 18.0 Å². The summed E-state index contributed by atoms with van der Waals surface area (Å²) in [6.45, 7) is 9.94. The topological polar surface area (TPSA) is 168 Å². The Morgan fingerprint density at radius 2 is 1.59 bits per heavy atom. The Balaban J connectivity index is 1.79. The van der Waals surface area contributed by atoms with E-state index in [9.17, 15) is 24.0 Å². The molecule has 13 heteroatoms. The summed E-state index contributed by atoms with van der Waals surface area (Å²) in [7, 11) is 0. The second-order valence-electron chi connectivity index (χ2n) is 12.4. The number of amides is 3. The molecule has 1 saturated heterocycles. The van der Waals surface area contributed by atoms with Gasteiger partial charge in [-0.2, -0.15) is 0 Å². The minimum absolute atomic E-state index is 0.0417. The predicted molar refractivity (Wildman–Crippen MR) is 167 cm³/mol. The minimum atomic E-state index is -1.32. The third-order valence-electron chi connectivity index (χ3n) is 8.03. The molecule has 1 aromatic heterocycles. The Morgan fingerprint density at radius 3 is 2.15 bits per heavy atom. The van der Waals surface area contributed by atoms with Crippen molar-refractivity contribution < 1.29 is 42.9 Å². The van der Waals surface area contributed by atoms with E-state index in [1.54, 1.807) is 63.8 Å². The normalized spacial score (nSPS) is 16.6. The van der Waals surface area contributed by atoms with Crippen molar-refractivity contribution in [2.75, 3.05) is 39.4 Å². The molecule has 1 aromatic carbocycles. The number of ether oxygens (including phenoxy) is 4. The third kappa shape index (κ3) is 7.68. The van der Waals surface area contributed by atoms with E-state index in [4.69, 9.17) is 29.7 Å². The van der Waals surface area contributed by atoms with Crippen LogP contribution in [0.2, 0.25) is 0 Å². The highest BCUT2D eigenvalue weighted by Gasteiger charge is 2.49. The first-order chi connectivity index (χ1) is 21.8. The second kappa shape index (κ2) is 14.3.